The van der Waals surface area contributed by atoms with Crippen LogP contribution in [-0.2, 0) is 23.2 Å². The summed E-state index contributed by atoms with van der Waals surface area (Å²) in [5, 5.41) is 5.03. The molecule has 3 amide bonds. The molecule has 6 heterocycles. The molecule has 326 valence electrons. The number of hydrogen-bond donors (Lipinski definition) is 1. The third-order valence-corrected chi connectivity index (χ3v) is 13.7. The van der Waals surface area contributed by atoms with E-state index in [0.717, 1.165) is 29.3 Å². The smallest absolute Gasteiger partial charge is 0.438 e. The van der Waals surface area contributed by atoms with E-state index in [4.69, 9.17) is 19.0 Å². The molecule has 0 unspecified atom stereocenters. The topological polar surface area (TPSA) is 161 Å². The number of aromatic amines is 1. The Morgan fingerprint density at radius 2 is 1.70 bits per heavy atom. The van der Waals surface area contributed by atoms with Gasteiger partial charge in [-0.3, -0.25) is 24.0 Å². The maximum atomic E-state index is 15.3. The lowest BCUT2D eigenvalue weighted by Crippen LogP contribution is -2.45. The lowest BCUT2D eigenvalue weighted by Gasteiger charge is -2.36. The summed E-state index contributed by atoms with van der Waals surface area (Å²) in [7, 11) is 1.60. The zero-order valence-corrected chi connectivity index (χ0v) is 35.9. The third-order valence-electron chi connectivity index (χ3n) is 13.7. The number of fused-ring (bicyclic) bond motifs is 2. The van der Waals surface area contributed by atoms with Gasteiger partial charge in [0.2, 0.25) is 5.95 Å². The van der Waals surface area contributed by atoms with Crippen LogP contribution in [-0.4, -0.2) is 86.0 Å². The van der Waals surface area contributed by atoms with Crippen LogP contribution >= 0.6 is 0 Å². The number of nitrogens with zero attached hydrogens (tertiary/aromatic N) is 7. The van der Waals surface area contributed by atoms with Crippen molar-refractivity contribution in [2.75, 3.05) is 44.9 Å². The largest absolute Gasteiger partial charge is 0.497 e. The second-order valence-corrected chi connectivity index (χ2v) is 17.5. The number of nitrogens with one attached hydrogen (secondary N) is 1. The van der Waals surface area contributed by atoms with Crippen LogP contribution < -0.4 is 21.0 Å². The number of urea groups is 1. The summed E-state index contributed by atoms with van der Waals surface area (Å²) in [6.45, 7) is 9.74. The number of benzene rings is 3. The number of carbonyl (C=O) groups is 2. The summed E-state index contributed by atoms with van der Waals surface area (Å²) in [6, 6.07) is 17.9. The normalized spacial score (nSPS) is 21.4. The van der Waals surface area contributed by atoms with Crippen LogP contribution in [0, 0.1) is 25.6 Å². The molecule has 3 atom stereocenters. The number of methoxy groups -OCH3 is 1. The number of ether oxygens (including phenoxy) is 2. The van der Waals surface area contributed by atoms with Crippen molar-refractivity contribution in [3.8, 4) is 11.4 Å². The van der Waals surface area contributed by atoms with Crippen molar-refractivity contribution >= 4 is 28.8 Å². The fourth-order valence-electron chi connectivity index (χ4n) is 10.1. The molecule has 2 saturated heterocycles. The predicted octanol–water partition coefficient (Wildman–Crippen LogP) is 6.51. The summed E-state index contributed by atoms with van der Waals surface area (Å²) in [4.78, 5) is 69.7. The zero-order valence-electron chi connectivity index (χ0n) is 35.9. The van der Waals surface area contributed by atoms with Gasteiger partial charge in [0, 0.05) is 55.9 Å². The van der Waals surface area contributed by atoms with Gasteiger partial charge >= 0.3 is 11.8 Å². The van der Waals surface area contributed by atoms with E-state index in [0.29, 0.717) is 84.0 Å². The van der Waals surface area contributed by atoms with Crippen molar-refractivity contribution in [2.24, 2.45) is 5.92 Å². The van der Waals surface area contributed by atoms with Crippen LogP contribution in [0.1, 0.15) is 94.9 Å². The Labute approximate surface area is 362 Å². The fourth-order valence-corrected chi connectivity index (χ4v) is 10.1. The molecule has 15 nitrogen and oxygen atoms in total. The van der Waals surface area contributed by atoms with E-state index in [1.165, 1.54) is 15.0 Å². The van der Waals surface area contributed by atoms with E-state index in [9.17, 15) is 14.4 Å². The number of amides is 3. The second kappa shape index (κ2) is 15.4. The van der Waals surface area contributed by atoms with Crippen molar-refractivity contribution in [2.45, 2.75) is 77.4 Å². The average Bonchev–Trinajstić information content (AvgIpc) is 3.58. The number of aryl methyl sites for hydroxylation is 2. The molecule has 3 aromatic carbocycles. The van der Waals surface area contributed by atoms with Gasteiger partial charge in [0.15, 0.2) is 5.82 Å². The number of hydrogen-bond acceptors (Lipinski definition) is 9. The van der Waals surface area contributed by atoms with Crippen molar-refractivity contribution in [3.05, 3.63) is 132 Å². The first-order chi connectivity index (χ1) is 30.4. The van der Waals surface area contributed by atoms with Gasteiger partial charge < -0.3 is 23.8 Å². The van der Waals surface area contributed by atoms with Crippen LogP contribution in [0.15, 0.2) is 74.8 Å². The summed E-state index contributed by atoms with van der Waals surface area (Å²) < 4.78 is 34.4. The average molecular weight is 857 g/mol. The Morgan fingerprint density at radius 3 is 2.37 bits per heavy atom. The number of halogens is 1. The molecule has 3 aromatic heterocycles. The maximum absolute atomic E-state index is 15.3. The van der Waals surface area contributed by atoms with E-state index in [1.807, 2.05) is 41.8 Å². The molecular weight excluding hydrogens is 808 g/mol. The van der Waals surface area contributed by atoms with Gasteiger partial charge in [-0.2, -0.15) is 0 Å². The monoisotopic (exact) mass is 856 g/mol. The quantitative estimate of drug-likeness (QED) is 0.171. The standard InChI is InChI=1S/C47H49FN8O7/c1-26-20-34(21-27(2)39(26)48)55-41(57)36-12-15-53(29(4)40(36)49-44(55)54-17-16-52(46(54)60)25-30-6-9-35(61-5)10-7-30)42(58)38-23-33-22-32(31-13-18-62-19-14-31)8-11-37(33)56(38)47(24-28(47)3)43-50-45(59)63-51-43/h6-11,20-23,28-29,31H,12-19,24-25H2,1-5H3,(H,50,51,59)/t28-,29-,47-/m1/s1. The molecule has 0 radical (unpaired) electrons. The van der Waals surface area contributed by atoms with Crippen LogP contribution in [0.5, 0.6) is 5.75 Å². The Kier molecular flexibility index (Phi) is 9.88. The first-order valence-corrected chi connectivity index (χ1v) is 21.6. The number of carbonyl (C=O) groups excluding carboxylic acids is 2. The van der Waals surface area contributed by atoms with E-state index in [2.05, 4.69) is 35.3 Å². The van der Waals surface area contributed by atoms with Gasteiger partial charge in [0.05, 0.1) is 24.5 Å². The van der Waals surface area contributed by atoms with Gasteiger partial charge in [-0.15, -0.1) is 0 Å². The molecule has 1 saturated carbocycles. The summed E-state index contributed by atoms with van der Waals surface area (Å²) in [5.74, 6) is 0.175. The molecule has 0 bridgehead atoms. The van der Waals surface area contributed by atoms with Gasteiger partial charge in [-0.05, 0) is 123 Å². The highest BCUT2D eigenvalue weighted by Gasteiger charge is 2.59. The van der Waals surface area contributed by atoms with E-state index in [1.54, 1.807) is 42.9 Å². The minimum atomic E-state index is -0.839. The number of anilines is 1. The van der Waals surface area contributed by atoms with Crippen LogP contribution in [0.3, 0.4) is 0 Å². The van der Waals surface area contributed by atoms with Crippen LogP contribution in [0.4, 0.5) is 15.1 Å². The maximum Gasteiger partial charge on any atom is 0.438 e. The molecule has 0 spiro atoms. The zero-order chi connectivity index (χ0) is 43.9. The Bertz CT molecular complexity index is 2910. The third kappa shape index (κ3) is 6.64. The fraction of sp³-hybridized carbons (Fsp3) is 0.404. The highest BCUT2D eigenvalue weighted by atomic mass is 19.1. The molecule has 16 heteroatoms. The minimum absolute atomic E-state index is 0.0128. The summed E-state index contributed by atoms with van der Waals surface area (Å²) >= 11 is 0. The summed E-state index contributed by atoms with van der Waals surface area (Å²) in [6.07, 6.45) is 2.63. The lowest BCUT2D eigenvalue weighted by molar-refractivity contribution is 0.0658. The molecule has 3 aliphatic heterocycles. The van der Waals surface area contributed by atoms with Gasteiger partial charge in [0.1, 0.15) is 22.8 Å². The van der Waals surface area contributed by atoms with Crippen molar-refractivity contribution in [1.82, 2.24) is 34.1 Å². The van der Waals surface area contributed by atoms with Gasteiger partial charge in [-0.1, -0.05) is 30.3 Å². The lowest BCUT2D eigenvalue weighted by atomic mass is 9.91. The van der Waals surface area contributed by atoms with Crippen LogP contribution in [0.25, 0.3) is 16.6 Å². The first-order valence-electron chi connectivity index (χ1n) is 21.6. The first kappa shape index (κ1) is 40.5. The Balaban J connectivity index is 1.06. The molecular formula is C47H49FN8O7. The number of H-pyrrole nitrogens is 1. The predicted molar refractivity (Wildman–Crippen MR) is 231 cm³/mol. The molecule has 1 N–H and O–H groups in total. The van der Waals surface area contributed by atoms with Gasteiger partial charge in [-0.25, -0.2) is 23.5 Å². The molecule has 1 aliphatic carbocycles. The molecule has 10 rings (SSSR count). The van der Waals surface area contributed by atoms with Gasteiger partial charge in [0.25, 0.3) is 11.5 Å². The highest BCUT2D eigenvalue weighted by Crippen LogP contribution is 2.56. The minimum Gasteiger partial charge on any atom is -0.497 e. The van der Waals surface area contributed by atoms with Crippen LogP contribution in [0.2, 0.25) is 0 Å². The summed E-state index contributed by atoms with van der Waals surface area (Å²) in [5.41, 5.74) is 4.02. The van der Waals surface area contributed by atoms with Crippen molar-refractivity contribution in [3.63, 3.8) is 0 Å². The number of rotatable bonds is 9. The molecule has 63 heavy (non-hydrogen) atoms. The van der Waals surface area contributed by atoms with E-state index < -0.39 is 17.3 Å². The Hall–Kier alpha value is -6.55. The molecule has 6 aromatic rings. The van der Waals surface area contributed by atoms with Crippen molar-refractivity contribution < 1.29 is 28.0 Å². The Morgan fingerprint density at radius 1 is 0.968 bits per heavy atom. The SMILES string of the molecule is COc1ccc(CN2CCN(c3nc4c(c(=O)n3-c3cc(C)c(F)c(C)c3)CCN(C(=O)c3cc5cc(C6CCOCC6)ccc5n3[C@]3(c5noc(=O)[nH]5)C[C@H]3C)[C@@H]4C)C2=O)cc1. The van der Waals surface area contributed by atoms with E-state index >= 15 is 9.18 Å². The van der Waals surface area contributed by atoms with E-state index in [-0.39, 0.29) is 54.7 Å². The number of aromatic nitrogens is 5. The van der Waals surface area contributed by atoms with Crippen molar-refractivity contribution in [1.29, 1.82) is 0 Å². The second-order valence-electron chi connectivity index (χ2n) is 17.5. The highest BCUT2D eigenvalue weighted by molar-refractivity contribution is 6.00. The molecule has 4 aliphatic rings. The molecule has 3 fully saturated rings.